The number of benzene rings is 2. The average Bonchev–Trinajstić information content (AvgIpc) is 2.67. The van der Waals surface area contributed by atoms with Gasteiger partial charge in [-0.05, 0) is 43.7 Å². The van der Waals surface area contributed by atoms with Crippen LogP contribution in [0.4, 0.5) is 0 Å². The quantitative estimate of drug-likeness (QED) is 0.479. The van der Waals surface area contributed by atoms with Gasteiger partial charge in [0.2, 0.25) is 5.60 Å². The second-order valence-corrected chi connectivity index (χ2v) is 6.86. The standard InChI is InChI=1S/C22H20O7/c1-13(23)29-22(2,3)21(25)28-16-9-10-17-19(11-16)27-12-18(20(17)24)14-5-7-15(26-4)8-6-14/h5-12H,1-4H3. The van der Waals surface area contributed by atoms with E-state index in [2.05, 4.69) is 0 Å². The molecule has 0 bridgehead atoms. The average molecular weight is 396 g/mol. The van der Waals surface area contributed by atoms with Crippen molar-refractivity contribution >= 4 is 22.9 Å². The van der Waals surface area contributed by atoms with E-state index >= 15 is 0 Å². The van der Waals surface area contributed by atoms with Gasteiger partial charge in [-0.2, -0.15) is 0 Å². The van der Waals surface area contributed by atoms with Gasteiger partial charge in [0.15, 0.2) is 5.43 Å². The fraction of sp³-hybridized carbons (Fsp3) is 0.227. The predicted molar refractivity (Wildman–Crippen MR) is 106 cm³/mol. The summed E-state index contributed by atoms with van der Waals surface area (Å²) in [5.41, 5.74) is -0.293. The fourth-order valence-corrected chi connectivity index (χ4v) is 2.77. The molecule has 7 nitrogen and oxygen atoms in total. The molecule has 1 heterocycles. The maximum Gasteiger partial charge on any atom is 0.355 e. The molecule has 0 saturated carbocycles. The highest BCUT2D eigenvalue weighted by Crippen LogP contribution is 2.25. The van der Waals surface area contributed by atoms with Gasteiger partial charge in [0, 0.05) is 13.0 Å². The van der Waals surface area contributed by atoms with Crippen LogP contribution in [0.25, 0.3) is 22.1 Å². The van der Waals surface area contributed by atoms with Crippen molar-refractivity contribution in [2.24, 2.45) is 0 Å². The molecule has 0 aliphatic heterocycles. The van der Waals surface area contributed by atoms with Crippen molar-refractivity contribution in [3.63, 3.8) is 0 Å². The van der Waals surface area contributed by atoms with Crippen LogP contribution < -0.4 is 14.9 Å². The third kappa shape index (κ3) is 4.29. The van der Waals surface area contributed by atoms with Crippen LogP contribution in [-0.4, -0.2) is 24.6 Å². The molecule has 0 aliphatic carbocycles. The lowest BCUT2D eigenvalue weighted by atomic mass is 10.1. The zero-order valence-corrected chi connectivity index (χ0v) is 16.5. The van der Waals surface area contributed by atoms with Gasteiger partial charge in [0.05, 0.1) is 18.1 Å². The van der Waals surface area contributed by atoms with Crippen molar-refractivity contribution < 1.29 is 28.2 Å². The summed E-state index contributed by atoms with van der Waals surface area (Å²) in [5, 5.41) is 0.345. The van der Waals surface area contributed by atoms with E-state index in [4.69, 9.17) is 18.6 Å². The largest absolute Gasteiger partial charge is 0.497 e. The minimum absolute atomic E-state index is 0.170. The fourth-order valence-electron chi connectivity index (χ4n) is 2.77. The summed E-state index contributed by atoms with van der Waals surface area (Å²) in [6.07, 6.45) is 1.36. The second kappa shape index (κ2) is 7.79. The van der Waals surface area contributed by atoms with Gasteiger partial charge in [0.1, 0.15) is 23.3 Å². The van der Waals surface area contributed by atoms with E-state index in [0.29, 0.717) is 22.3 Å². The van der Waals surface area contributed by atoms with Crippen molar-refractivity contribution in [2.75, 3.05) is 7.11 Å². The summed E-state index contributed by atoms with van der Waals surface area (Å²) in [7, 11) is 1.57. The predicted octanol–water partition coefficient (Wildman–Crippen LogP) is 3.72. The van der Waals surface area contributed by atoms with Crippen LogP contribution in [-0.2, 0) is 14.3 Å². The first-order valence-corrected chi connectivity index (χ1v) is 8.83. The summed E-state index contributed by atoms with van der Waals surface area (Å²) in [6.45, 7) is 4.07. The van der Waals surface area contributed by atoms with Crippen LogP contribution in [0, 0.1) is 0 Å². The van der Waals surface area contributed by atoms with Crippen LogP contribution in [0.1, 0.15) is 20.8 Å². The van der Waals surface area contributed by atoms with Gasteiger partial charge in [-0.15, -0.1) is 0 Å². The molecule has 0 amide bonds. The Morgan fingerprint density at radius 3 is 2.28 bits per heavy atom. The van der Waals surface area contributed by atoms with E-state index in [1.165, 1.54) is 45.2 Å². The molecule has 0 spiro atoms. The molecule has 29 heavy (non-hydrogen) atoms. The lowest BCUT2D eigenvalue weighted by molar-refractivity contribution is -0.170. The molecule has 2 aromatic carbocycles. The highest BCUT2D eigenvalue weighted by Gasteiger charge is 2.33. The molecule has 0 saturated heterocycles. The van der Waals surface area contributed by atoms with Gasteiger partial charge in [-0.25, -0.2) is 4.79 Å². The molecule has 1 aromatic heterocycles. The van der Waals surface area contributed by atoms with Crippen LogP contribution >= 0.6 is 0 Å². The molecule has 3 rings (SSSR count). The topological polar surface area (TPSA) is 92.0 Å². The number of ether oxygens (including phenoxy) is 3. The number of esters is 2. The SMILES string of the molecule is COc1ccc(-c2coc3cc(OC(=O)C(C)(C)OC(C)=O)ccc3c2=O)cc1. The van der Waals surface area contributed by atoms with E-state index in [-0.39, 0.29) is 16.8 Å². The number of fused-ring (bicyclic) bond motifs is 1. The van der Waals surface area contributed by atoms with Crippen LogP contribution in [0.5, 0.6) is 11.5 Å². The zero-order chi connectivity index (χ0) is 21.2. The Kier molecular flexibility index (Phi) is 5.41. The van der Waals surface area contributed by atoms with E-state index in [1.807, 2.05) is 0 Å². The molecular formula is C22H20O7. The Hall–Kier alpha value is -3.61. The lowest BCUT2D eigenvalue weighted by Crippen LogP contribution is -2.39. The molecule has 0 radical (unpaired) electrons. The second-order valence-electron chi connectivity index (χ2n) is 6.86. The molecular weight excluding hydrogens is 376 g/mol. The normalized spacial score (nSPS) is 11.2. The molecule has 3 aromatic rings. The number of rotatable bonds is 5. The molecule has 0 atom stereocenters. The number of methoxy groups -OCH3 is 1. The van der Waals surface area contributed by atoms with Crippen LogP contribution in [0.15, 0.2) is 57.9 Å². The maximum atomic E-state index is 12.8. The summed E-state index contributed by atoms with van der Waals surface area (Å²) in [6, 6.07) is 11.5. The van der Waals surface area contributed by atoms with Gasteiger partial charge in [-0.1, -0.05) is 12.1 Å². The first-order chi connectivity index (χ1) is 13.7. The van der Waals surface area contributed by atoms with E-state index in [9.17, 15) is 14.4 Å². The van der Waals surface area contributed by atoms with Crippen molar-refractivity contribution in [1.82, 2.24) is 0 Å². The summed E-state index contributed by atoms with van der Waals surface area (Å²) < 4.78 is 21.0. The number of carbonyl (C=O) groups is 2. The third-order valence-electron chi connectivity index (χ3n) is 4.25. The van der Waals surface area contributed by atoms with E-state index < -0.39 is 17.5 Å². The van der Waals surface area contributed by atoms with Crippen LogP contribution in [0.3, 0.4) is 0 Å². The summed E-state index contributed by atoms with van der Waals surface area (Å²) in [4.78, 5) is 36.2. The Balaban J connectivity index is 1.91. The van der Waals surface area contributed by atoms with Crippen molar-refractivity contribution in [2.45, 2.75) is 26.4 Å². The number of carbonyl (C=O) groups excluding carboxylic acids is 2. The highest BCUT2D eigenvalue weighted by atomic mass is 16.6. The number of hydrogen-bond acceptors (Lipinski definition) is 7. The first kappa shape index (κ1) is 20.1. The Bertz CT molecular complexity index is 1120. The minimum atomic E-state index is -1.44. The Morgan fingerprint density at radius 1 is 1.00 bits per heavy atom. The van der Waals surface area contributed by atoms with Crippen molar-refractivity contribution in [3.8, 4) is 22.6 Å². The van der Waals surface area contributed by atoms with E-state index in [0.717, 1.165) is 0 Å². The maximum absolute atomic E-state index is 12.8. The van der Waals surface area contributed by atoms with Crippen LogP contribution in [0.2, 0.25) is 0 Å². The lowest BCUT2D eigenvalue weighted by Gasteiger charge is -2.21. The summed E-state index contributed by atoms with van der Waals surface area (Å²) >= 11 is 0. The zero-order valence-electron chi connectivity index (χ0n) is 16.5. The molecule has 7 heteroatoms. The Labute approximate surface area is 166 Å². The number of hydrogen-bond donors (Lipinski definition) is 0. The molecule has 0 N–H and O–H groups in total. The Morgan fingerprint density at radius 2 is 1.66 bits per heavy atom. The van der Waals surface area contributed by atoms with Gasteiger partial charge < -0.3 is 18.6 Å². The highest BCUT2D eigenvalue weighted by molar-refractivity contribution is 5.86. The van der Waals surface area contributed by atoms with Gasteiger partial charge >= 0.3 is 11.9 Å². The molecule has 0 unspecified atom stereocenters. The first-order valence-electron chi connectivity index (χ1n) is 8.83. The summed E-state index contributed by atoms with van der Waals surface area (Å²) in [5.74, 6) is -0.489. The smallest absolute Gasteiger partial charge is 0.355 e. The van der Waals surface area contributed by atoms with Gasteiger partial charge in [-0.3, -0.25) is 9.59 Å². The third-order valence-corrected chi connectivity index (χ3v) is 4.25. The van der Waals surface area contributed by atoms with E-state index in [1.54, 1.807) is 31.4 Å². The van der Waals surface area contributed by atoms with Crippen molar-refractivity contribution in [1.29, 1.82) is 0 Å². The molecule has 150 valence electrons. The minimum Gasteiger partial charge on any atom is -0.497 e. The van der Waals surface area contributed by atoms with Gasteiger partial charge in [0.25, 0.3) is 0 Å². The van der Waals surface area contributed by atoms with Crippen molar-refractivity contribution in [3.05, 3.63) is 59.0 Å². The molecule has 0 fully saturated rings. The monoisotopic (exact) mass is 396 g/mol. The molecule has 0 aliphatic rings.